The van der Waals surface area contributed by atoms with Crippen molar-refractivity contribution in [3.63, 3.8) is 0 Å². The van der Waals surface area contributed by atoms with E-state index >= 15 is 0 Å². The zero-order chi connectivity index (χ0) is 13.3. The van der Waals surface area contributed by atoms with Gasteiger partial charge in [0.05, 0.1) is 12.0 Å². The third-order valence-corrected chi connectivity index (χ3v) is 3.86. The SMILES string of the molecule is CCCCCCOC(=O)C1(CCC)CCCNC1. The molecule has 1 aliphatic rings. The third kappa shape index (κ3) is 4.60. The molecule has 1 rings (SSSR count). The van der Waals surface area contributed by atoms with Crippen molar-refractivity contribution in [2.45, 2.75) is 65.2 Å². The van der Waals surface area contributed by atoms with Crippen molar-refractivity contribution in [2.24, 2.45) is 5.41 Å². The van der Waals surface area contributed by atoms with Gasteiger partial charge < -0.3 is 10.1 Å². The van der Waals surface area contributed by atoms with Gasteiger partial charge in [0.2, 0.25) is 0 Å². The van der Waals surface area contributed by atoms with Crippen LogP contribution in [0.5, 0.6) is 0 Å². The maximum absolute atomic E-state index is 12.3. The fourth-order valence-corrected chi connectivity index (χ4v) is 2.78. The molecule has 0 spiro atoms. The summed E-state index contributed by atoms with van der Waals surface area (Å²) in [7, 11) is 0. The van der Waals surface area contributed by atoms with Gasteiger partial charge in [-0.3, -0.25) is 4.79 Å². The standard InChI is InChI=1S/C15H29NO2/c1-3-5-6-7-12-18-14(17)15(9-4-2)10-8-11-16-13-15/h16H,3-13H2,1-2H3. The van der Waals surface area contributed by atoms with Crippen molar-refractivity contribution in [1.82, 2.24) is 5.32 Å². The van der Waals surface area contributed by atoms with Crippen molar-refractivity contribution < 1.29 is 9.53 Å². The summed E-state index contributed by atoms with van der Waals surface area (Å²) < 4.78 is 5.51. The minimum atomic E-state index is -0.238. The number of nitrogens with one attached hydrogen (secondary N) is 1. The summed E-state index contributed by atoms with van der Waals surface area (Å²) in [5.74, 6) is 0.0352. The van der Waals surface area contributed by atoms with Gasteiger partial charge in [-0.15, -0.1) is 0 Å². The molecule has 0 aromatic rings. The Morgan fingerprint density at radius 3 is 2.67 bits per heavy atom. The van der Waals surface area contributed by atoms with E-state index in [-0.39, 0.29) is 11.4 Å². The van der Waals surface area contributed by atoms with E-state index in [9.17, 15) is 4.79 Å². The number of esters is 1. The lowest BCUT2D eigenvalue weighted by atomic mass is 9.77. The molecule has 1 saturated heterocycles. The van der Waals surface area contributed by atoms with Crippen molar-refractivity contribution in [3.05, 3.63) is 0 Å². The fraction of sp³-hybridized carbons (Fsp3) is 0.933. The first-order chi connectivity index (χ1) is 8.75. The molecule has 1 unspecified atom stereocenters. The van der Waals surface area contributed by atoms with Crippen LogP contribution in [-0.4, -0.2) is 25.7 Å². The molecule has 0 bridgehead atoms. The second-order valence-electron chi connectivity index (χ2n) is 5.51. The maximum atomic E-state index is 12.3. The molecule has 18 heavy (non-hydrogen) atoms. The lowest BCUT2D eigenvalue weighted by molar-refractivity contribution is -0.157. The minimum absolute atomic E-state index is 0.0352. The predicted octanol–water partition coefficient (Wildman–Crippen LogP) is 3.28. The van der Waals surface area contributed by atoms with Gasteiger partial charge in [0.1, 0.15) is 0 Å². The monoisotopic (exact) mass is 255 g/mol. The van der Waals surface area contributed by atoms with E-state index in [2.05, 4.69) is 19.2 Å². The molecule has 1 atom stereocenters. The van der Waals surface area contributed by atoms with Gasteiger partial charge in [-0.1, -0.05) is 39.5 Å². The first-order valence-corrected chi connectivity index (χ1v) is 7.63. The molecule has 0 saturated carbocycles. The van der Waals surface area contributed by atoms with Crippen molar-refractivity contribution >= 4 is 5.97 Å². The van der Waals surface area contributed by atoms with Crippen LogP contribution < -0.4 is 5.32 Å². The number of rotatable bonds is 8. The van der Waals surface area contributed by atoms with E-state index in [0.29, 0.717) is 6.61 Å². The van der Waals surface area contributed by atoms with Gasteiger partial charge in [-0.25, -0.2) is 0 Å². The van der Waals surface area contributed by atoms with Crippen LogP contribution in [-0.2, 0) is 9.53 Å². The number of unbranched alkanes of at least 4 members (excludes halogenated alkanes) is 3. The van der Waals surface area contributed by atoms with Gasteiger partial charge >= 0.3 is 5.97 Å². The van der Waals surface area contributed by atoms with Crippen molar-refractivity contribution in [1.29, 1.82) is 0 Å². The summed E-state index contributed by atoms with van der Waals surface area (Å²) in [5, 5.41) is 3.35. The molecule has 1 fully saturated rings. The highest BCUT2D eigenvalue weighted by molar-refractivity contribution is 5.77. The fourth-order valence-electron chi connectivity index (χ4n) is 2.78. The number of carbonyl (C=O) groups is 1. The molecule has 1 heterocycles. The quantitative estimate of drug-likeness (QED) is 0.534. The van der Waals surface area contributed by atoms with Gasteiger partial charge in [0.15, 0.2) is 0 Å². The Bertz CT molecular complexity index is 229. The summed E-state index contributed by atoms with van der Waals surface area (Å²) in [6.45, 7) is 6.77. The first kappa shape index (κ1) is 15.5. The molecule has 0 aliphatic carbocycles. The molecule has 0 amide bonds. The third-order valence-electron chi connectivity index (χ3n) is 3.86. The van der Waals surface area contributed by atoms with Crippen LogP contribution in [0.4, 0.5) is 0 Å². The van der Waals surface area contributed by atoms with E-state index in [4.69, 9.17) is 4.74 Å². The highest BCUT2D eigenvalue weighted by Gasteiger charge is 2.39. The molecule has 1 aliphatic heterocycles. The number of hydrogen-bond acceptors (Lipinski definition) is 3. The van der Waals surface area contributed by atoms with E-state index in [1.54, 1.807) is 0 Å². The maximum Gasteiger partial charge on any atom is 0.313 e. The highest BCUT2D eigenvalue weighted by Crippen LogP contribution is 2.33. The number of hydrogen-bond donors (Lipinski definition) is 1. The molecule has 0 radical (unpaired) electrons. The van der Waals surface area contributed by atoms with Gasteiger partial charge in [-0.2, -0.15) is 0 Å². The van der Waals surface area contributed by atoms with Gasteiger partial charge in [-0.05, 0) is 32.2 Å². The van der Waals surface area contributed by atoms with E-state index < -0.39 is 0 Å². The molecule has 0 aromatic heterocycles. The van der Waals surface area contributed by atoms with Crippen LogP contribution in [0.25, 0.3) is 0 Å². The minimum Gasteiger partial charge on any atom is -0.465 e. The Morgan fingerprint density at radius 2 is 2.06 bits per heavy atom. The topological polar surface area (TPSA) is 38.3 Å². The summed E-state index contributed by atoms with van der Waals surface area (Å²) in [6.07, 6.45) is 8.71. The number of carbonyl (C=O) groups excluding carboxylic acids is 1. The van der Waals surface area contributed by atoms with Crippen LogP contribution in [0.3, 0.4) is 0 Å². The van der Waals surface area contributed by atoms with Crippen LogP contribution in [0, 0.1) is 5.41 Å². The second-order valence-corrected chi connectivity index (χ2v) is 5.51. The summed E-state index contributed by atoms with van der Waals surface area (Å²) >= 11 is 0. The average molecular weight is 255 g/mol. The average Bonchev–Trinajstić information content (AvgIpc) is 2.39. The molecular weight excluding hydrogens is 226 g/mol. The smallest absolute Gasteiger partial charge is 0.313 e. The zero-order valence-electron chi connectivity index (χ0n) is 12.1. The normalized spacial score (nSPS) is 23.9. The highest BCUT2D eigenvalue weighted by atomic mass is 16.5. The second kappa shape index (κ2) is 8.52. The molecule has 106 valence electrons. The first-order valence-electron chi connectivity index (χ1n) is 7.63. The largest absolute Gasteiger partial charge is 0.465 e. The van der Waals surface area contributed by atoms with E-state index in [0.717, 1.165) is 45.2 Å². The van der Waals surface area contributed by atoms with Crippen molar-refractivity contribution in [3.8, 4) is 0 Å². The Kier molecular flexibility index (Phi) is 7.33. The Balaban J connectivity index is 2.35. The Hall–Kier alpha value is -0.570. The predicted molar refractivity (Wildman–Crippen MR) is 74.5 cm³/mol. The number of ether oxygens (including phenoxy) is 1. The van der Waals surface area contributed by atoms with Crippen LogP contribution in [0.15, 0.2) is 0 Å². The van der Waals surface area contributed by atoms with Crippen molar-refractivity contribution in [2.75, 3.05) is 19.7 Å². The lowest BCUT2D eigenvalue weighted by Gasteiger charge is -2.35. The molecule has 0 aromatic carbocycles. The zero-order valence-corrected chi connectivity index (χ0v) is 12.1. The molecule has 3 heteroatoms. The van der Waals surface area contributed by atoms with Crippen LogP contribution >= 0.6 is 0 Å². The van der Waals surface area contributed by atoms with Gasteiger partial charge in [0.25, 0.3) is 0 Å². The number of piperidine rings is 1. The summed E-state index contributed by atoms with van der Waals surface area (Å²) in [4.78, 5) is 12.3. The molecule has 1 N–H and O–H groups in total. The van der Waals surface area contributed by atoms with Crippen LogP contribution in [0.2, 0.25) is 0 Å². The van der Waals surface area contributed by atoms with E-state index in [1.807, 2.05) is 0 Å². The molecular formula is C15H29NO2. The van der Waals surface area contributed by atoms with Crippen LogP contribution in [0.1, 0.15) is 65.2 Å². The Labute approximate surface area is 112 Å². The van der Waals surface area contributed by atoms with E-state index in [1.165, 1.54) is 19.3 Å². The summed E-state index contributed by atoms with van der Waals surface area (Å²) in [5.41, 5.74) is -0.238. The Morgan fingerprint density at radius 1 is 1.22 bits per heavy atom. The lowest BCUT2D eigenvalue weighted by Crippen LogP contribution is -2.46. The van der Waals surface area contributed by atoms with Gasteiger partial charge in [0, 0.05) is 6.54 Å². The molecule has 3 nitrogen and oxygen atoms in total. The summed E-state index contributed by atoms with van der Waals surface area (Å²) in [6, 6.07) is 0.